The fourth-order valence-corrected chi connectivity index (χ4v) is 4.63. The van der Waals surface area contributed by atoms with Crippen molar-refractivity contribution in [2.24, 2.45) is 0 Å². The van der Waals surface area contributed by atoms with E-state index in [1.165, 1.54) is 0 Å². The molecule has 3 atom stereocenters. The SMILES string of the molecule is COC1=C[C@]23CCN(C)[C@@H](Cc4ccc(OC)c(O)c42)C3=CC1O. The molecule has 3 aliphatic rings. The van der Waals surface area contributed by atoms with Crippen LogP contribution in [0.15, 0.2) is 35.6 Å². The molecule has 24 heavy (non-hydrogen) atoms. The first kappa shape index (κ1) is 15.5. The maximum atomic E-state index is 10.9. The molecule has 5 heteroatoms. The lowest BCUT2D eigenvalue weighted by atomic mass is 9.58. The summed E-state index contributed by atoms with van der Waals surface area (Å²) in [7, 11) is 5.26. The largest absolute Gasteiger partial charge is 0.504 e. The lowest BCUT2D eigenvalue weighted by Gasteiger charge is -2.53. The fourth-order valence-electron chi connectivity index (χ4n) is 4.63. The number of nitrogens with zero attached hydrogens (tertiary/aromatic N) is 1. The van der Waals surface area contributed by atoms with Gasteiger partial charge in [-0.15, -0.1) is 0 Å². The molecular weight excluding hydrogens is 306 g/mol. The van der Waals surface area contributed by atoms with Gasteiger partial charge in [0.1, 0.15) is 11.9 Å². The normalized spacial score (nSPS) is 31.5. The summed E-state index contributed by atoms with van der Waals surface area (Å²) in [6.07, 6.45) is 4.82. The number of likely N-dealkylation sites (tertiary alicyclic amines) is 1. The van der Waals surface area contributed by atoms with Crippen LogP contribution in [0.5, 0.6) is 11.5 Å². The number of fused-ring (bicyclic) bond motifs is 1. The maximum Gasteiger partial charge on any atom is 0.162 e. The van der Waals surface area contributed by atoms with Crippen LogP contribution in [-0.4, -0.2) is 55.1 Å². The van der Waals surface area contributed by atoms with Gasteiger partial charge in [-0.3, -0.25) is 4.90 Å². The number of ether oxygens (including phenoxy) is 2. The minimum Gasteiger partial charge on any atom is -0.504 e. The van der Waals surface area contributed by atoms with Crippen molar-refractivity contribution in [1.29, 1.82) is 0 Å². The van der Waals surface area contributed by atoms with E-state index in [-0.39, 0.29) is 11.8 Å². The van der Waals surface area contributed by atoms with Gasteiger partial charge in [0.05, 0.1) is 14.2 Å². The van der Waals surface area contributed by atoms with Crippen LogP contribution in [0, 0.1) is 0 Å². The minimum atomic E-state index is -0.735. The molecule has 0 saturated carbocycles. The first-order valence-electron chi connectivity index (χ1n) is 8.28. The smallest absolute Gasteiger partial charge is 0.162 e. The van der Waals surface area contributed by atoms with Crippen molar-refractivity contribution in [3.63, 3.8) is 0 Å². The first-order chi connectivity index (χ1) is 11.5. The van der Waals surface area contributed by atoms with Crippen LogP contribution in [0.25, 0.3) is 0 Å². The van der Waals surface area contributed by atoms with E-state index in [9.17, 15) is 10.2 Å². The predicted octanol–water partition coefficient (Wildman–Crippen LogP) is 1.73. The highest BCUT2D eigenvalue weighted by Gasteiger charge is 2.51. The molecule has 1 aromatic carbocycles. The molecule has 2 aliphatic carbocycles. The molecule has 128 valence electrons. The lowest BCUT2D eigenvalue weighted by molar-refractivity contribution is 0.131. The van der Waals surface area contributed by atoms with Gasteiger partial charge in [-0.05, 0) is 55.8 Å². The molecule has 0 amide bonds. The molecule has 1 unspecified atom stereocenters. The average molecular weight is 329 g/mol. The Morgan fingerprint density at radius 1 is 1.25 bits per heavy atom. The Morgan fingerprint density at radius 2 is 2.04 bits per heavy atom. The number of methoxy groups -OCH3 is 2. The van der Waals surface area contributed by atoms with Gasteiger partial charge in [0.15, 0.2) is 11.5 Å². The third-order valence-corrected chi connectivity index (χ3v) is 5.82. The number of aliphatic hydroxyl groups is 1. The Labute approximate surface area is 141 Å². The zero-order chi connectivity index (χ0) is 17.1. The third kappa shape index (κ3) is 1.88. The molecular formula is C19H23NO4. The van der Waals surface area contributed by atoms with E-state index in [0.717, 1.165) is 36.1 Å². The number of hydrogen-bond donors (Lipinski definition) is 2. The number of rotatable bonds is 2. The lowest BCUT2D eigenvalue weighted by Crippen LogP contribution is -2.54. The number of benzene rings is 1. The summed E-state index contributed by atoms with van der Waals surface area (Å²) in [5.41, 5.74) is 2.75. The number of phenolic OH excluding ortho intramolecular Hbond substituents is 1. The van der Waals surface area contributed by atoms with Crippen LogP contribution in [0.4, 0.5) is 0 Å². The second-order valence-electron chi connectivity index (χ2n) is 6.89. The second kappa shape index (κ2) is 5.26. The van der Waals surface area contributed by atoms with Crippen LogP contribution >= 0.6 is 0 Å². The topological polar surface area (TPSA) is 62.2 Å². The fraction of sp³-hybridized carbons (Fsp3) is 0.474. The highest BCUT2D eigenvalue weighted by molar-refractivity contribution is 5.64. The quantitative estimate of drug-likeness (QED) is 0.809. The number of aromatic hydroxyl groups is 1. The molecule has 5 nitrogen and oxygen atoms in total. The summed E-state index contributed by atoms with van der Waals surface area (Å²) < 4.78 is 10.8. The van der Waals surface area contributed by atoms with Crippen molar-refractivity contribution in [2.75, 3.05) is 27.8 Å². The summed E-state index contributed by atoms with van der Waals surface area (Å²) in [5, 5.41) is 21.3. The molecule has 4 rings (SSSR count). The van der Waals surface area contributed by atoms with Crippen molar-refractivity contribution in [3.8, 4) is 11.5 Å². The van der Waals surface area contributed by atoms with E-state index in [1.807, 2.05) is 24.3 Å². The van der Waals surface area contributed by atoms with Gasteiger partial charge < -0.3 is 19.7 Å². The number of aliphatic hydroxyl groups excluding tert-OH is 1. The molecule has 0 radical (unpaired) electrons. The van der Waals surface area contributed by atoms with Crippen LogP contribution in [0.2, 0.25) is 0 Å². The van der Waals surface area contributed by atoms with Gasteiger partial charge in [-0.25, -0.2) is 0 Å². The van der Waals surface area contributed by atoms with Gasteiger partial charge in [-0.1, -0.05) is 6.07 Å². The molecule has 1 aromatic rings. The third-order valence-electron chi connectivity index (χ3n) is 5.82. The van der Waals surface area contributed by atoms with Gasteiger partial charge in [0, 0.05) is 17.0 Å². The van der Waals surface area contributed by atoms with E-state index in [2.05, 4.69) is 11.9 Å². The highest BCUT2D eigenvalue weighted by atomic mass is 16.5. The minimum absolute atomic E-state index is 0.201. The van der Waals surface area contributed by atoms with E-state index in [4.69, 9.17) is 9.47 Å². The average Bonchev–Trinajstić information content (AvgIpc) is 2.58. The number of phenols is 1. The number of hydrogen-bond acceptors (Lipinski definition) is 5. The van der Waals surface area contributed by atoms with Crippen LogP contribution in [0.1, 0.15) is 17.5 Å². The Morgan fingerprint density at radius 3 is 2.75 bits per heavy atom. The maximum absolute atomic E-state index is 10.9. The van der Waals surface area contributed by atoms with E-state index in [1.54, 1.807) is 14.2 Å². The molecule has 2 N–H and O–H groups in total. The molecule has 1 aliphatic heterocycles. The Balaban J connectivity index is 2.01. The summed E-state index contributed by atoms with van der Waals surface area (Å²) in [5.74, 6) is 1.22. The molecule has 1 heterocycles. The van der Waals surface area contributed by atoms with Crippen molar-refractivity contribution >= 4 is 0 Å². The van der Waals surface area contributed by atoms with Crippen LogP contribution in [-0.2, 0) is 16.6 Å². The van der Waals surface area contributed by atoms with Crippen molar-refractivity contribution in [1.82, 2.24) is 4.90 Å². The predicted molar refractivity (Wildman–Crippen MR) is 90.3 cm³/mol. The summed E-state index contributed by atoms with van der Waals surface area (Å²) in [4.78, 5) is 2.33. The Bertz CT molecular complexity index is 754. The van der Waals surface area contributed by atoms with Gasteiger partial charge >= 0.3 is 0 Å². The summed E-state index contributed by atoms with van der Waals surface area (Å²) in [6.45, 7) is 0.918. The van der Waals surface area contributed by atoms with E-state index < -0.39 is 11.5 Å². The molecule has 2 bridgehead atoms. The molecule has 0 aromatic heterocycles. The van der Waals surface area contributed by atoms with Crippen LogP contribution in [0.3, 0.4) is 0 Å². The van der Waals surface area contributed by atoms with Crippen molar-refractivity contribution in [2.45, 2.75) is 30.4 Å². The zero-order valence-corrected chi connectivity index (χ0v) is 14.2. The van der Waals surface area contributed by atoms with E-state index in [0.29, 0.717) is 11.5 Å². The summed E-state index contributed by atoms with van der Waals surface area (Å²) in [6, 6.07) is 4.10. The molecule has 0 spiro atoms. The monoisotopic (exact) mass is 329 g/mol. The van der Waals surface area contributed by atoms with E-state index >= 15 is 0 Å². The standard InChI is InChI=1S/C19H23NO4/c1-20-7-6-19-10-16(24-3)14(21)9-12(19)13(20)8-11-4-5-15(23-2)18(22)17(11)19/h4-5,9-10,13-14,21-22H,6-8H2,1-3H3/t13-,14?,19-/m0/s1. The number of piperidine rings is 1. The first-order valence-corrected chi connectivity index (χ1v) is 8.28. The molecule has 1 saturated heterocycles. The van der Waals surface area contributed by atoms with Crippen LogP contribution < -0.4 is 4.74 Å². The summed E-state index contributed by atoms with van der Waals surface area (Å²) >= 11 is 0. The zero-order valence-electron chi connectivity index (χ0n) is 14.2. The molecule has 1 fully saturated rings. The van der Waals surface area contributed by atoms with Gasteiger partial charge in [0.2, 0.25) is 0 Å². The highest BCUT2D eigenvalue weighted by Crippen LogP contribution is 2.56. The van der Waals surface area contributed by atoms with Gasteiger partial charge in [0.25, 0.3) is 0 Å². The van der Waals surface area contributed by atoms with Crippen molar-refractivity contribution in [3.05, 3.63) is 46.7 Å². The Hall–Kier alpha value is -1.98. The number of allylic oxidation sites excluding steroid dienone is 1. The Kier molecular flexibility index (Phi) is 3.41. The van der Waals surface area contributed by atoms with Gasteiger partial charge in [-0.2, -0.15) is 0 Å². The number of likely N-dealkylation sites (N-methyl/N-ethyl adjacent to an activating group) is 1. The second-order valence-corrected chi connectivity index (χ2v) is 6.89. The van der Waals surface area contributed by atoms with Crippen molar-refractivity contribution < 1.29 is 19.7 Å².